The van der Waals surface area contributed by atoms with Gasteiger partial charge in [0.15, 0.2) is 0 Å². The standard InChI is InChI=1S/C17H20N2S/c1-2-4-17-15(3-1)9-18-16(14-5-6-14)11-19(17)10-13-7-8-20-12-13/h1-4,7-8,12,14,16,18H,5-6,9-11H2. The summed E-state index contributed by atoms with van der Waals surface area (Å²) < 4.78 is 0. The van der Waals surface area contributed by atoms with Crippen molar-refractivity contribution < 1.29 is 0 Å². The molecule has 2 heterocycles. The number of nitrogens with zero attached hydrogens (tertiary/aromatic N) is 1. The molecule has 1 aromatic heterocycles. The van der Waals surface area contributed by atoms with E-state index in [1.165, 1.54) is 29.7 Å². The van der Waals surface area contributed by atoms with Gasteiger partial charge in [0.1, 0.15) is 0 Å². The van der Waals surface area contributed by atoms with E-state index in [1.807, 2.05) is 0 Å². The Labute approximate surface area is 124 Å². The van der Waals surface area contributed by atoms with Gasteiger partial charge in [-0.25, -0.2) is 0 Å². The molecule has 0 spiro atoms. The van der Waals surface area contributed by atoms with Crippen LogP contribution in [0.5, 0.6) is 0 Å². The molecule has 20 heavy (non-hydrogen) atoms. The van der Waals surface area contributed by atoms with Crippen molar-refractivity contribution in [3.63, 3.8) is 0 Å². The predicted molar refractivity (Wildman–Crippen MR) is 85.2 cm³/mol. The molecular weight excluding hydrogens is 264 g/mol. The Morgan fingerprint density at radius 1 is 1.20 bits per heavy atom. The molecule has 2 nitrogen and oxygen atoms in total. The van der Waals surface area contributed by atoms with Crippen molar-refractivity contribution in [2.75, 3.05) is 11.4 Å². The van der Waals surface area contributed by atoms with Crippen LogP contribution in [-0.2, 0) is 13.1 Å². The first-order valence-electron chi connectivity index (χ1n) is 7.47. The van der Waals surface area contributed by atoms with Crippen molar-refractivity contribution in [2.24, 2.45) is 5.92 Å². The Morgan fingerprint density at radius 3 is 2.90 bits per heavy atom. The van der Waals surface area contributed by atoms with Gasteiger partial charge in [-0.05, 0) is 52.8 Å². The average molecular weight is 284 g/mol. The number of fused-ring (bicyclic) bond motifs is 1. The lowest BCUT2D eigenvalue weighted by Crippen LogP contribution is -2.39. The largest absolute Gasteiger partial charge is 0.365 e. The van der Waals surface area contributed by atoms with E-state index in [9.17, 15) is 0 Å². The molecule has 2 aromatic rings. The van der Waals surface area contributed by atoms with Crippen molar-refractivity contribution in [3.05, 3.63) is 52.2 Å². The van der Waals surface area contributed by atoms with Crippen LogP contribution in [0.4, 0.5) is 5.69 Å². The Kier molecular flexibility index (Phi) is 3.25. The van der Waals surface area contributed by atoms with Gasteiger partial charge in [-0.2, -0.15) is 11.3 Å². The van der Waals surface area contributed by atoms with Gasteiger partial charge in [-0.3, -0.25) is 0 Å². The highest BCUT2D eigenvalue weighted by Gasteiger charge is 2.34. The van der Waals surface area contributed by atoms with E-state index in [1.54, 1.807) is 11.3 Å². The summed E-state index contributed by atoms with van der Waals surface area (Å²) in [5.41, 5.74) is 4.28. The van der Waals surface area contributed by atoms with Crippen LogP contribution in [0, 0.1) is 5.92 Å². The van der Waals surface area contributed by atoms with Crippen LogP contribution >= 0.6 is 11.3 Å². The number of thiophene rings is 1. The van der Waals surface area contributed by atoms with Crippen LogP contribution in [0.3, 0.4) is 0 Å². The zero-order valence-electron chi connectivity index (χ0n) is 11.6. The molecule has 1 saturated carbocycles. The van der Waals surface area contributed by atoms with Crippen molar-refractivity contribution in [1.29, 1.82) is 0 Å². The molecule has 0 radical (unpaired) electrons. The third-order valence-electron chi connectivity index (χ3n) is 4.45. The quantitative estimate of drug-likeness (QED) is 0.926. The molecule has 1 unspecified atom stereocenters. The Morgan fingerprint density at radius 2 is 2.10 bits per heavy atom. The second-order valence-electron chi connectivity index (χ2n) is 5.97. The molecule has 4 rings (SSSR count). The summed E-state index contributed by atoms with van der Waals surface area (Å²) in [7, 11) is 0. The lowest BCUT2D eigenvalue weighted by molar-refractivity contribution is 0.467. The minimum Gasteiger partial charge on any atom is -0.365 e. The minimum atomic E-state index is 0.654. The summed E-state index contributed by atoms with van der Waals surface area (Å²) in [6, 6.07) is 11.8. The van der Waals surface area contributed by atoms with Crippen molar-refractivity contribution >= 4 is 17.0 Å². The van der Waals surface area contributed by atoms with Gasteiger partial charge >= 0.3 is 0 Å². The third-order valence-corrected chi connectivity index (χ3v) is 5.18. The fraction of sp³-hybridized carbons (Fsp3) is 0.412. The van der Waals surface area contributed by atoms with Gasteiger partial charge in [0.2, 0.25) is 0 Å². The third kappa shape index (κ3) is 2.48. The van der Waals surface area contributed by atoms with Crippen molar-refractivity contribution in [2.45, 2.75) is 32.0 Å². The maximum Gasteiger partial charge on any atom is 0.0438 e. The molecule has 1 aromatic carbocycles. The fourth-order valence-corrected chi connectivity index (χ4v) is 3.84. The number of anilines is 1. The maximum absolute atomic E-state index is 3.77. The lowest BCUT2D eigenvalue weighted by Gasteiger charge is -2.27. The predicted octanol–water partition coefficient (Wildman–Crippen LogP) is 3.64. The lowest BCUT2D eigenvalue weighted by atomic mass is 10.1. The van der Waals surface area contributed by atoms with E-state index < -0.39 is 0 Å². The smallest absolute Gasteiger partial charge is 0.0438 e. The van der Waals surface area contributed by atoms with Gasteiger partial charge in [-0.15, -0.1) is 0 Å². The molecule has 3 heteroatoms. The SMILES string of the molecule is c1ccc2c(c1)CNC(C1CC1)CN2Cc1ccsc1. The van der Waals surface area contributed by atoms with Gasteiger partial charge in [0.05, 0.1) is 0 Å². The fourth-order valence-electron chi connectivity index (χ4n) is 3.18. The highest BCUT2D eigenvalue weighted by atomic mass is 32.1. The van der Waals surface area contributed by atoms with Gasteiger partial charge in [0.25, 0.3) is 0 Å². The summed E-state index contributed by atoms with van der Waals surface area (Å²) >= 11 is 1.79. The summed E-state index contributed by atoms with van der Waals surface area (Å²) in [5, 5.41) is 8.22. The highest BCUT2D eigenvalue weighted by molar-refractivity contribution is 7.07. The van der Waals surface area contributed by atoms with Gasteiger partial charge in [-0.1, -0.05) is 18.2 Å². The molecule has 1 atom stereocenters. The number of nitrogens with one attached hydrogen (secondary N) is 1. The van der Waals surface area contributed by atoms with E-state index >= 15 is 0 Å². The molecule has 0 bridgehead atoms. The summed E-state index contributed by atoms with van der Waals surface area (Å²) in [5.74, 6) is 0.897. The molecule has 104 valence electrons. The van der Waals surface area contributed by atoms with Crippen molar-refractivity contribution in [3.8, 4) is 0 Å². The highest BCUT2D eigenvalue weighted by Crippen LogP contribution is 2.36. The zero-order chi connectivity index (χ0) is 13.4. The average Bonchev–Trinajstić information content (AvgIpc) is 3.22. The molecule has 2 aliphatic rings. The Balaban J connectivity index is 1.64. The second kappa shape index (κ2) is 5.23. The summed E-state index contributed by atoms with van der Waals surface area (Å²) in [6.45, 7) is 3.18. The van der Waals surface area contributed by atoms with E-state index in [0.29, 0.717) is 6.04 Å². The normalized spacial score (nSPS) is 22.4. The molecule has 0 amide bonds. The number of hydrogen-bond acceptors (Lipinski definition) is 3. The van der Waals surface area contributed by atoms with Gasteiger partial charge in [0, 0.05) is 31.4 Å². The van der Waals surface area contributed by atoms with Crippen LogP contribution in [0.2, 0.25) is 0 Å². The van der Waals surface area contributed by atoms with Gasteiger partial charge < -0.3 is 10.2 Å². The van der Waals surface area contributed by atoms with Crippen LogP contribution < -0.4 is 10.2 Å². The van der Waals surface area contributed by atoms with E-state index in [0.717, 1.165) is 25.6 Å². The number of para-hydroxylation sites is 1. The maximum atomic E-state index is 3.77. The second-order valence-corrected chi connectivity index (χ2v) is 6.75. The van der Waals surface area contributed by atoms with Crippen molar-refractivity contribution in [1.82, 2.24) is 5.32 Å². The Hall–Kier alpha value is -1.32. The number of hydrogen-bond donors (Lipinski definition) is 1. The Bertz CT molecular complexity index is 574. The van der Waals surface area contributed by atoms with Crippen LogP contribution in [0.15, 0.2) is 41.1 Å². The summed E-state index contributed by atoms with van der Waals surface area (Å²) in [4.78, 5) is 2.57. The molecule has 1 aliphatic carbocycles. The van der Waals surface area contributed by atoms with E-state index in [4.69, 9.17) is 0 Å². The molecule has 1 fully saturated rings. The minimum absolute atomic E-state index is 0.654. The topological polar surface area (TPSA) is 15.3 Å². The monoisotopic (exact) mass is 284 g/mol. The first-order chi connectivity index (χ1) is 9.90. The number of benzene rings is 1. The van der Waals surface area contributed by atoms with E-state index in [-0.39, 0.29) is 0 Å². The number of rotatable bonds is 3. The molecule has 1 aliphatic heterocycles. The summed E-state index contributed by atoms with van der Waals surface area (Å²) in [6.07, 6.45) is 2.81. The first-order valence-corrected chi connectivity index (χ1v) is 8.42. The van der Waals surface area contributed by atoms with Crippen LogP contribution in [0.1, 0.15) is 24.0 Å². The zero-order valence-corrected chi connectivity index (χ0v) is 12.4. The molecule has 1 N–H and O–H groups in total. The first kappa shape index (κ1) is 12.4. The van der Waals surface area contributed by atoms with E-state index in [2.05, 4.69) is 51.3 Å². The molecule has 0 saturated heterocycles. The molecular formula is C17H20N2S. The van der Waals surface area contributed by atoms with Crippen LogP contribution in [-0.4, -0.2) is 12.6 Å². The van der Waals surface area contributed by atoms with Crippen LogP contribution in [0.25, 0.3) is 0 Å².